The van der Waals surface area contributed by atoms with Gasteiger partial charge in [-0.2, -0.15) is 0 Å². The number of halogens is 1. The number of nitrogens with one attached hydrogen (secondary N) is 1. The van der Waals surface area contributed by atoms with Gasteiger partial charge in [0.2, 0.25) is 5.91 Å². The second-order valence-corrected chi connectivity index (χ2v) is 8.28. The maximum absolute atomic E-state index is 12.3. The number of hydrogen-bond acceptors (Lipinski definition) is 7. The number of carbonyl (C=O) groups is 3. The van der Waals surface area contributed by atoms with Crippen LogP contribution < -0.4 is 5.32 Å². The number of anilines is 1. The SMILES string of the molecule is C[C@]12CCC(=O)N1[C@H](C(=O)OCC(=O)Nc1ccc(Cl)cc1[N+](=O)[O-])CS2. The first kappa shape index (κ1) is 19.4. The first-order valence-electron chi connectivity index (χ1n) is 8.08. The molecule has 2 aliphatic heterocycles. The van der Waals surface area contributed by atoms with E-state index in [0.29, 0.717) is 18.6 Å². The lowest BCUT2D eigenvalue weighted by molar-refractivity contribution is -0.383. The molecule has 0 unspecified atom stereocenters. The minimum atomic E-state index is -0.729. The number of nitro groups is 1. The predicted octanol–water partition coefficient (Wildman–Crippen LogP) is 2.18. The molecule has 1 aromatic carbocycles. The average Bonchev–Trinajstić information content (AvgIpc) is 3.10. The molecule has 2 amide bonds. The van der Waals surface area contributed by atoms with Gasteiger partial charge >= 0.3 is 5.97 Å². The molecule has 2 aliphatic rings. The number of nitrogens with zero attached hydrogens (tertiary/aromatic N) is 2. The lowest BCUT2D eigenvalue weighted by Gasteiger charge is -2.29. The summed E-state index contributed by atoms with van der Waals surface area (Å²) in [5.74, 6) is -1.09. The number of ether oxygens (including phenoxy) is 1. The molecule has 2 saturated heterocycles. The molecule has 1 N–H and O–H groups in total. The number of carbonyl (C=O) groups excluding carboxylic acids is 3. The number of rotatable bonds is 5. The molecule has 2 fully saturated rings. The van der Waals surface area contributed by atoms with Gasteiger partial charge in [-0.3, -0.25) is 19.7 Å². The van der Waals surface area contributed by atoms with E-state index in [-0.39, 0.29) is 22.3 Å². The van der Waals surface area contributed by atoms with Crippen molar-refractivity contribution in [3.05, 3.63) is 33.3 Å². The van der Waals surface area contributed by atoms with Crippen molar-refractivity contribution in [3.63, 3.8) is 0 Å². The zero-order valence-electron chi connectivity index (χ0n) is 14.3. The molecular weight excluding hydrogens is 398 g/mol. The number of benzene rings is 1. The Morgan fingerprint density at radius 1 is 1.52 bits per heavy atom. The van der Waals surface area contributed by atoms with Crippen LogP contribution in [-0.4, -0.2) is 50.9 Å². The molecule has 0 spiro atoms. The van der Waals surface area contributed by atoms with E-state index in [9.17, 15) is 24.5 Å². The van der Waals surface area contributed by atoms with Gasteiger partial charge in [0.25, 0.3) is 11.6 Å². The number of nitro benzene ring substituents is 1. The van der Waals surface area contributed by atoms with Crippen LogP contribution in [0.25, 0.3) is 0 Å². The van der Waals surface area contributed by atoms with Gasteiger partial charge in [-0.05, 0) is 25.5 Å². The smallest absolute Gasteiger partial charge is 0.330 e. The fourth-order valence-electron chi connectivity index (χ4n) is 3.18. The summed E-state index contributed by atoms with van der Waals surface area (Å²) in [6, 6.07) is 3.07. The highest BCUT2D eigenvalue weighted by Gasteiger charge is 2.53. The van der Waals surface area contributed by atoms with Crippen molar-refractivity contribution >= 4 is 52.5 Å². The first-order chi connectivity index (χ1) is 12.7. The molecule has 0 saturated carbocycles. The van der Waals surface area contributed by atoms with E-state index in [0.717, 1.165) is 6.07 Å². The number of hydrogen-bond donors (Lipinski definition) is 1. The van der Waals surface area contributed by atoms with Crippen molar-refractivity contribution in [2.75, 3.05) is 17.7 Å². The van der Waals surface area contributed by atoms with Gasteiger partial charge in [-0.25, -0.2) is 4.79 Å². The van der Waals surface area contributed by atoms with Gasteiger partial charge in [0, 0.05) is 23.3 Å². The van der Waals surface area contributed by atoms with Gasteiger partial charge in [-0.15, -0.1) is 11.8 Å². The fourth-order valence-corrected chi connectivity index (χ4v) is 4.76. The van der Waals surface area contributed by atoms with Gasteiger partial charge in [0.05, 0.1) is 9.79 Å². The Labute approximate surface area is 163 Å². The first-order valence-corrected chi connectivity index (χ1v) is 9.44. The molecule has 0 radical (unpaired) electrons. The summed E-state index contributed by atoms with van der Waals surface area (Å²) >= 11 is 7.23. The lowest BCUT2D eigenvalue weighted by atomic mass is 10.2. The van der Waals surface area contributed by atoms with Crippen LogP contribution in [0.2, 0.25) is 5.02 Å². The maximum Gasteiger partial charge on any atom is 0.330 e. The quantitative estimate of drug-likeness (QED) is 0.446. The molecule has 144 valence electrons. The van der Waals surface area contributed by atoms with Gasteiger partial charge in [0.1, 0.15) is 11.7 Å². The van der Waals surface area contributed by atoms with Crippen LogP contribution in [0.3, 0.4) is 0 Å². The molecule has 9 nitrogen and oxygen atoms in total. The summed E-state index contributed by atoms with van der Waals surface area (Å²) in [6.07, 6.45) is 1.05. The van der Waals surface area contributed by atoms with Crippen LogP contribution in [0.15, 0.2) is 18.2 Å². The highest BCUT2D eigenvalue weighted by Crippen LogP contribution is 2.47. The van der Waals surface area contributed by atoms with Gasteiger partial charge in [0.15, 0.2) is 6.61 Å². The minimum absolute atomic E-state index is 0.0517. The van der Waals surface area contributed by atoms with E-state index < -0.39 is 34.3 Å². The average molecular weight is 414 g/mol. The molecule has 0 aromatic heterocycles. The minimum Gasteiger partial charge on any atom is -0.454 e. The van der Waals surface area contributed by atoms with Crippen molar-refractivity contribution in [3.8, 4) is 0 Å². The van der Waals surface area contributed by atoms with Gasteiger partial charge in [-0.1, -0.05) is 11.6 Å². The second kappa shape index (κ2) is 7.35. The highest BCUT2D eigenvalue weighted by molar-refractivity contribution is 8.01. The van der Waals surface area contributed by atoms with Crippen molar-refractivity contribution in [1.82, 2.24) is 4.90 Å². The van der Waals surface area contributed by atoms with Crippen LogP contribution >= 0.6 is 23.4 Å². The Morgan fingerprint density at radius 2 is 2.26 bits per heavy atom. The number of esters is 1. The van der Waals surface area contributed by atoms with Crippen LogP contribution in [0.4, 0.5) is 11.4 Å². The van der Waals surface area contributed by atoms with Crippen LogP contribution in [0.1, 0.15) is 19.8 Å². The summed E-state index contributed by atoms with van der Waals surface area (Å²) in [6.45, 7) is 1.29. The highest BCUT2D eigenvalue weighted by atomic mass is 35.5. The summed E-state index contributed by atoms with van der Waals surface area (Å²) in [7, 11) is 0. The largest absolute Gasteiger partial charge is 0.454 e. The van der Waals surface area contributed by atoms with Crippen molar-refractivity contribution < 1.29 is 24.0 Å². The third-order valence-electron chi connectivity index (χ3n) is 4.49. The van der Waals surface area contributed by atoms with Gasteiger partial charge < -0.3 is 15.0 Å². The third kappa shape index (κ3) is 3.86. The molecule has 0 aliphatic carbocycles. The van der Waals surface area contributed by atoms with Crippen LogP contribution in [-0.2, 0) is 19.1 Å². The molecule has 11 heteroatoms. The summed E-state index contributed by atoms with van der Waals surface area (Å²) in [5, 5.41) is 13.5. The Balaban J connectivity index is 1.59. The van der Waals surface area contributed by atoms with Crippen LogP contribution in [0.5, 0.6) is 0 Å². The molecule has 27 heavy (non-hydrogen) atoms. The Hall–Kier alpha value is -2.33. The van der Waals surface area contributed by atoms with Crippen molar-refractivity contribution in [2.45, 2.75) is 30.7 Å². The van der Waals surface area contributed by atoms with E-state index in [4.69, 9.17) is 16.3 Å². The topological polar surface area (TPSA) is 119 Å². The second-order valence-electron chi connectivity index (χ2n) is 6.34. The molecule has 2 heterocycles. The predicted molar refractivity (Wildman–Crippen MR) is 98.4 cm³/mol. The zero-order valence-corrected chi connectivity index (χ0v) is 15.8. The van der Waals surface area contributed by atoms with E-state index in [1.165, 1.54) is 28.8 Å². The summed E-state index contributed by atoms with van der Waals surface area (Å²) in [4.78, 5) is 47.8. The Kier molecular flexibility index (Phi) is 5.29. The monoisotopic (exact) mass is 413 g/mol. The standard InChI is InChI=1S/C16H16ClN3O6S/c1-16-5-4-14(22)19(16)12(8-27-16)15(23)26-7-13(21)18-10-3-2-9(17)6-11(10)20(24)25/h2-3,6,12H,4-5,7-8H2,1H3,(H,18,21)/t12-,16-/m0/s1. The molecule has 1 aromatic rings. The molecular formula is C16H16ClN3O6S. The van der Waals surface area contributed by atoms with E-state index in [1.807, 2.05) is 6.92 Å². The van der Waals surface area contributed by atoms with Crippen molar-refractivity contribution in [1.29, 1.82) is 0 Å². The van der Waals surface area contributed by atoms with E-state index >= 15 is 0 Å². The normalized spacial score (nSPS) is 23.9. The number of fused-ring (bicyclic) bond motifs is 1. The van der Waals surface area contributed by atoms with Crippen LogP contribution in [0, 0.1) is 10.1 Å². The Bertz CT molecular complexity index is 834. The van der Waals surface area contributed by atoms with Crippen molar-refractivity contribution in [2.24, 2.45) is 0 Å². The number of amides is 2. The molecule has 3 rings (SSSR count). The maximum atomic E-state index is 12.3. The fraction of sp³-hybridized carbons (Fsp3) is 0.438. The lowest BCUT2D eigenvalue weighted by Crippen LogP contribution is -2.47. The Morgan fingerprint density at radius 3 is 2.96 bits per heavy atom. The van der Waals surface area contributed by atoms with E-state index in [1.54, 1.807) is 0 Å². The summed E-state index contributed by atoms with van der Waals surface area (Å²) in [5.41, 5.74) is -0.419. The number of thioether (sulfide) groups is 1. The molecule has 0 bridgehead atoms. The third-order valence-corrected chi connectivity index (χ3v) is 6.23. The molecule has 2 atom stereocenters. The zero-order chi connectivity index (χ0) is 19.8. The van der Waals surface area contributed by atoms with E-state index in [2.05, 4.69) is 5.32 Å². The summed E-state index contributed by atoms with van der Waals surface area (Å²) < 4.78 is 5.03.